The van der Waals surface area contributed by atoms with E-state index in [1.54, 1.807) is 11.8 Å². The van der Waals surface area contributed by atoms with Crippen molar-refractivity contribution >= 4 is 11.8 Å². The standard InChI is InChI=1S/C9H17N3S/c1-7(2)12-9(13-4)5-8(11-12)6-10-3/h5,7,10H,6H2,1-4H3. The average molecular weight is 199 g/mol. The molecule has 1 N–H and O–H groups in total. The lowest BCUT2D eigenvalue weighted by atomic mass is 10.4. The first-order chi connectivity index (χ1) is 6.19. The fourth-order valence-electron chi connectivity index (χ4n) is 1.22. The van der Waals surface area contributed by atoms with Gasteiger partial charge in [0.2, 0.25) is 0 Å². The zero-order valence-corrected chi connectivity index (χ0v) is 9.48. The molecule has 3 nitrogen and oxygen atoms in total. The van der Waals surface area contributed by atoms with Crippen molar-refractivity contribution < 1.29 is 0 Å². The molecule has 1 rings (SSSR count). The van der Waals surface area contributed by atoms with Gasteiger partial charge in [-0.1, -0.05) is 0 Å². The lowest BCUT2D eigenvalue weighted by Crippen LogP contribution is -2.08. The van der Waals surface area contributed by atoms with Crippen LogP contribution in [0.1, 0.15) is 25.6 Å². The van der Waals surface area contributed by atoms with Gasteiger partial charge in [0, 0.05) is 12.6 Å². The van der Waals surface area contributed by atoms with Crippen LogP contribution in [0.25, 0.3) is 0 Å². The van der Waals surface area contributed by atoms with E-state index in [0.717, 1.165) is 12.2 Å². The zero-order valence-electron chi connectivity index (χ0n) is 8.66. The topological polar surface area (TPSA) is 29.9 Å². The van der Waals surface area contributed by atoms with Gasteiger partial charge in [-0.3, -0.25) is 4.68 Å². The van der Waals surface area contributed by atoms with Gasteiger partial charge in [-0.25, -0.2) is 0 Å². The second kappa shape index (κ2) is 4.67. The van der Waals surface area contributed by atoms with Gasteiger partial charge in [0.15, 0.2) is 0 Å². The van der Waals surface area contributed by atoms with E-state index in [1.165, 1.54) is 5.03 Å². The van der Waals surface area contributed by atoms with Gasteiger partial charge < -0.3 is 5.32 Å². The van der Waals surface area contributed by atoms with E-state index in [1.807, 2.05) is 7.05 Å². The Morgan fingerprint density at radius 3 is 2.69 bits per heavy atom. The van der Waals surface area contributed by atoms with Crippen LogP contribution in [0.3, 0.4) is 0 Å². The van der Waals surface area contributed by atoms with Gasteiger partial charge in [0.25, 0.3) is 0 Å². The van der Waals surface area contributed by atoms with Gasteiger partial charge in [-0.15, -0.1) is 11.8 Å². The van der Waals surface area contributed by atoms with Crippen molar-refractivity contribution in [1.29, 1.82) is 0 Å². The van der Waals surface area contributed by atoms with Crippen LogP contribution in [-0.2, 0) is 6.54 Å². The van der Waals surface area contributed by atoms with Crippen LogP contribution in [-0.4, -0.2) is 23.1 Å². The number of nitrogens with zero attached hydrogens (tertiary/aromatic N) is 2. The van der Waals surface area contributed by atoms with E-state index in [-0.39, 0.29) is 0 Å². The maximum absolute atomic E-state index is 4.50. The Hall–Kier alpha value is -0.480. The molecule has 1 aromatic rings. The molecular weight excluding hydrogens is 182 g/mol. The van der Waals surface area contributed by atoms with Crippen molar-refractivity contribution in [2.75, 3.05) is 13.3 Å². The first-order valence-electron chi connectivity index (χ1n) is 4.46. The van der Waals surface area contributed by atoms with Crippen LogP contribution < -0.4 is 5.32 Å². The molecule has 0 fully saturated rings. The molecule has 0 radical (unpaired) electrons. The fraction of sp³-hybridized carbons (Fsp3) is 0.667. The molecule has 0 aliphatic heterocycles. The minimum absolute atomic E-state index is 0.438. The van der Waals surface area contributed by atoms with E-state index in [0.29, 0.717) is 6.04 Å². The fourth-order valence-corrected chi connectivity index (χ4v) is 1.91. The second-order valence-corrected chi connectivity index (χ2v) is 4.07. The average Bonchev–Trinajstić information content (AvgIpc) is 2.48. The molecule has 1 aromatic heterocycles. The Labute approximate surface area is 83.9 Å². The van der Waals surface area contributed by atoms with Crippen LogP contribution >= 0.6 is 11.8 Å². The summed E-state index contributed by atoms with van der Waals surface area (Å²) in [7, 11) is 1.94. The van der Waals surface area contributed by atoms with Gasteiger partial charge in [0.1, 0.15) is 0 Å². The van der Waals surface area contributed by atoms with E-state index < -0.39 is 0 Å². The Kier molecular flexibility index (Phi) is 3.81. The van der Waals surface area contributed by atoms with E-state index in [9.17, 15) is 0 Å². The molecule has 0 aliphatic rings. The van der Waals surface area contributed by atoms with Crippen molar-refractivity contribution in [1.82, 2.24) is 15.1 Å². The molecule has 0 aromatic carbocycles. The van der Waals surface area contributed by atoms with Crippen LogP contribution in [0.4, 0.5) is 0 Å². The van der Waals surface area contributed by atoms with E-state index in [2.05, 4.69) is 41.3 Å². The minimum Gasteiger partial charge on any atom is -0.314 e. The van der Waals surface area contributed by atoms with E-state index >= 15 is 0 Å². The molecule has 0 aliphatic carbocycles. The lowest BCUT2D eigenvalue weighted by molar-refractivity contribution is 0.487. The van der Waals surface area contributed by atoms with Crippen molar-refractivity contribution in [3.8, 4) is 0 Å². The number of aromatic nitrogens is 2. The normalized spacial score (nSPS) is 11.2. The quantitative estimate of drug-likeness (QED) is 0.751. The predicted octanol–water partition coefficient (Wildman–Crippen LogP) is 1.91. The molecule has 1 heterocycles. The van der Waals surface area contributed by atoms with Crippen molar-refractivity contribution in [2.45, 2.75) is 31.5 Å². The summed E-state index contributed by atoms with van der Waals surface area (Å²) in [6.45, 7) is 5.14. The Balaban J connectivity index is 2.90. The van der Waals surface area contributed by atoms with Gasteiger partial charge >= 0.3 is 0 Å². The van der Waals surface area contributed by atoms with Crippen LogP contribution in [0.5, 0.6) is 0 Å². The molecule has 0 unspecified atom stereocenters. The monoisotopic (exact) mass is 199 g/mol. The molecule has 4 heteroatoms. The first kappa shape index (κ1) is 10.6. The third-order valence-corrected chi connectivity index (χ3v) is 2.53. The Morgan fingerprint density at radius 2 is 2.31 bits per heavy atom. The van der Waals surface area contributed by atoms with Crippen molar-refractivity contribution in [2.24, 2.45) is 0 Å². The summed E-state index contributed by atoms with van der Waals surface area (Å²) in [6.07, 6.45) is 2.08. The third kappa shape index (κ3) is 2.48. The molecule has 0 atom stereocenters. The van der Waals surface area contributed by atoms with E-state index in [4.69, 9.17) is 0 Å². The molecule has 0 spiro atoms. The van der Waals surface area contributed by atoms with Gasteiger partial charge in [-0.2, -0.15) is 5.10 Å². The highest BCUT2D eigenvalue weighted by atomic mass is 32.2. The number of hydrogen-bond donors (Lipinski definition) is 1. The minimum atomic E-state index is 0.438. The van der Waals surface area contributed by atoms with Gasteiger partial charge in [0.05, 0.1) is 10.7 Å². The first-order valence-corrected chi connectivity index (χ1v) is 5.68. The number of nitrogens with one attached hydrogen (secondary N) is 1. The molecular formula is C9H17N3S. The number of rotatable bonds is 4. The molecule has 0 saturated carbocycles. The predicted molar refractivity (Wildman–Crippen MR) is 57.2 cm³/mol. The third-order valence-electron chi connectivity index (χ3n) is 1.81. The highest BCUT2D eigenvalue weighted by Crippen LogP contribution is 2.20. The summed E-state index contributed by atoms with van der Waals surface area (Å²) in [6, 6.07) is 2.58. The largest absolute Gasteiger partial charge is 0.314 e. The zero-order chi connectivity index (χ0) is 9.84. The SMILES string of the molecule is CNCc1cc(SC)n(C(C)C)n1. The summed E-state index contributed by atoms with van der Waals surface area (Å²) in [4.78, 5) is 0. The van der Waals surface area contributed by atoms with Gasteiger partial charge in [-0.05, 0) is 33.2 Å². The Morgan fingerprint density at radius 1 is 1.62 bits per heavy atom. The lowest BCUT2D eigenvalue weighted by Gasteiger charge is -2.08. The highest BCUT2D eigenvalue weighted by molar-refractivity contribution is 7.98. The molecule has 74 valence electrons. The summed E-state index contributed by atoms with van der Waals surface area (Å²) < 4.78 is 2.07. The maximum atomic E-state index is 4.50. The van der Waals surface area contributed by atoms with Crippen molar-refractivity contribution in [3.05, 3.63) is 11.8 Å². The van der Waals surface area contributed by atoms with Crippen LogP contribution in [0, 0.1) is 0 Å². The molecule has 0 saturated heterocycles. The maximum Gasteiger partial charge on any atom is 0.0943 e. The smallest absolute Gasteiger partial charge is 0.0943 e. The summed E-state index contributed by atoms with van der Waals surface area (Å²) >= 11 is 1.74. The molecule has 0 bridgehead atoms. The summed E-state index contributed by atoms with van der Waals surface area (Å²) in [5, 5.41) is 8.84. The highest BCUT2D eigenvalue weighted by Gasteiger charge is 2.08. The summed E-state index contributed by atoms with van der Waals surface area (Å²) in [5.74, 6) is 0. The molecule has 13 heavy (non-hydrogen) atoms. The van der Waals surface area contributed by atoms with Crippen LogP contribution in [0.15, 0.2) is 11.1 Å². The summed E-state index contributed by atoms with van der Waals surface area (Å²) in [5.41, 5.74) is 1.11. The van der Waals surface area contributed by atoms with Crippen LogP contribution in [0.2, 0.25) is 0 Å². The van der Waals surface area contributed by atoms with Crippen molar-refractivity contribution in [3.63, 3.8) is 0 Å². The molecule has 0 amide bonds. The second-order valence-electron chi connectivity index (χ2n) is 3.25. The number of hydrogen-bond acceptors (Lipinski definition) is 3. The number of thioether (sulfide) groups is 1. The Bertz CT molecular complexity index is 268.